The van der Waals surface area contributed by atoms with Crippen LogP contribution in [-0.2, 0) is 0 Å². The Morgan fingerprint density at radius 3 is 2.00 bits per heavy atom. The number of aliphatic hydroxyl groups is 1. The van der Waals surface area contributed by atoms with Crippen LogP contribution in [0.5, 0.6) is 0 Å². The topological polar surface area (TPSA) is 32.3 Å². The summed E-state index contributed by atoms with van der Waals surface area (Å²) in [6.45, 7) is -0.101. The number of nitrogens with one attached hydrogen (secondary N) is 1. The van der Waals surface area contributed by atoms with Crippen molar-refractivity contribution in [2.75, 3.05) is 13.1 Å². The van der Waals surface area contributed by atoms with Gasteiger partial charge in [-0.3, -0.25) is 0 Å². The third kappa shape index (κ3) is 1.09. The summed E-state index contributed by atoms with van der Waals surface area (Å²) in [7, 11) is 0. The van der Waals surface area contributed by atoms with Gasteiger partial charge in [0.15, 0.2) is 5.60 Å². The number of halogens is 3. The minimum atomic E-state index is -3.16. The first kappa shape index (κ1) is 7.37. The monoisotopic (exact) mass is 201 g/mol. The minimum absolute atomic E-state index is 0.0503. The summed E-state index contributed by atoms with van der Waals surface area (Å²) >= 11 is 2.09. The van der Waals surface area contributed by atoms with Gasteiger partial charge in [-0.25, -0.2) is 0 Å². The Morgan fingerprint density at radius 1 is 1.56 bits per heavy atom. The number of hydrogen-bond acceptors (Lipinski definition) is 2. The molecule has 9 heavy (non-hydrogen) atoms. The highest BCUT2D eigenvalue weighted by Crippen LogP contribution is 2.37. The predicted molar refractivity (Wildman–Crippen MR) is 31.7 cm³/mol. The maximum Gasteiger partial charge on any atom is 0.331 e. The number of β-amino-alcohol motifs (C(OH)–C–C–N with tert-alkyl or cyclic N) is 1. The van der Waals surface area contributed by atoms with Crippen LogP contribution in [0.2, 0.25) is 0 Å². The van der Waals surface area contributed by atoms with Crippen molar-refractivity contribution in [3.63, 3.8) is 0 Å². The maximum atomic E-state index is 12.2. The lowest BCUT2D eigenvalue weighted by Crippen LogP contribution is -2.67. The Bertz CT molecular complexity index is 120. The molecule has 0 aromatic heterocycles. The number of alkyl halides is 3. The minimum Gasteiger partial charge on any atom is -0.380 e. The molecular formula is C4H6BrF2NO. The van der Waals surface area contributed by atoms with E-state index in [0.717, 1.165) is 0 Å². The SMILES string of the molecule is OC1(C(F)(F)Br)CNC1. The molecule has 0 bridgehead atoms. The van der Waals surface area contributed by atoms with Crippen LogP contribution >= 0.6 is 15.9 Å². The largest absolute Gasteiger partial charge is 0.380 e. The van der Waals surface area contributed by atoms with E-state index in [1.165, 1.54) is 0 Å². The second-order valence-corrected chi connectivity index (χ2v) is 3.13. The van der Waals surface area contributed by atoms with E-state index in [2.05, 4.69) is 21.2 Å². The molecule has 1 aliphatic heterocycles. The molecule has 0 saturated carbocycles. The van der Waals surface area contributed by atoms with Crippen molar-refractivity contribution >= 4 is 15.9 Å². The molecule has 0 aliphatic carbocycles. The molecule has 1 heterocycles. The number of hydrogen-bond donors (Lipinski definition) is 2. The highest BCUT2D eigenvalue weighted by atomic mass is 79.9. The molecule has 54 valence electrons. The summed E-state index contributed by atoms with van der Waals surface area (Å²) in [5, 5.41) is 11.4. The van der Waals surface area contributed by atoms with Crippen LogP contribution in [0.15, 0.2) is 0 Å². The highest BCUT2D eigenvalue weighted by molar-refractivity contribution is 9.10. The molecule has 1 aliphatic rings. The molecule has 0 aromatic rings. The molecule has 2 nitrogen and oxygen atoms in total. The van der Waals surface area contributed by atoms with E-state index < -0.39 is 10.4 Å². The van der Waals surface area contributed by atoms with Gasteiger partial charge in [0, 0.05) is 13.1 Å². The van der Waals surface area contributed by atoms with Crippen LogP contribution in [0.4, 0.5) is 8.78 Å². The van der Waals surface area contributed by atoms with Crippen molar-refractivity contribution in [1.29, 1.82) is 0 Å². The molecule has 5 heteroatoms. The Morgan fingerprint density at radius 2 is 2.00 bits per heavy atom. The van der Waals surface area contributed by atoms with Gasteiger partial charge >= 0.3 is 4.83 Å². The molecule has 0 amide bonds. The normalized spacial score (nSPS) is 25.3. The second kappa shape index (κ2) is 1.87. The van der Waals surface area contributed by atoms with Crippen molar-refractivity contribution in [2.24, 2.45) is 0 Å². The van der Waals surface area contributed by atoms with Crippen molar-refractivity contribution in [1.82, 2.24) is 5.32 Å². The summed E-state index contributed by atoms with van der Waals surface area (Å²) in [6, 6.07) is 0. The van der Waals surface area contributed by atoms with Crippen molar-refractivity contribution in [2.45, 2.75) is 10.4 Å². The molecule has 1 rings (SSSR count). The lowest BCUT2D eigenvalue weighted by Gasteiger charge is -2.40. The van der Waals surface area contributed by atoms with Gasteiger partial charge in [-0.15, -0.1) is 0 Å². The summed E-state index contributed by atoms with van der Waals surface area (Å²) in [4.78, 5) is -3.16. The van der Waals surface area contributed by atoms with Gasteiger partial charge in [-0.2, -0.15) is 8.78 Å². The summed E-state index contributed by atoms with van der Waals surface area (Å²) in [6.07, 6.45) is 0. The maximum absolute atomic E-state index is 12.2. The van der Waals surface area contributed by atoms with E-state index in [0.29, 0.717) is 0 Å². The molecule has 2 N–H and O–H groups in total. The molecule has 0 unspecified atom stereocenters. The first-order chi connectivity index (χ1) is 3.96. The molecule has 0 radical (unpaired) electrons. The van der Waals surface area contributed by atoms with Crippen molar-refractivity contribution < 1.29 is 13.9 Å². The average molecular weight is 202 g/mol. The van der Waals surface area contributed by atoms with Gasteiger partial charge in [0.1, 0.15) is 0 Å². The second-order valence-electron chi connectivity index (χ2n) is 2.13. The summed E-state index contributed by atoms with van der Waals surface area (Å²) < 4.78 is 24.4. The zero-order valence-corrected chi connectivity index (χ0v) is 6.08. The van der Waals surface area contributed by atoms with E-state index in [4.69, 9.17) is 5.11 Å². The average Bonchev–Trinajstić information content (AvgIpc) is 1.57. The van der Waals surface area contributed by atoms with Gasteiger partial charge < -0.3 is 10.4 Å². The predicted octanol–water partition coefficient (Wildman–Crippen LogP) is 0.308. The highest BCUT2D eigenvalue weighted by Gasteiger charge is 2.54. The lowest BCUT2D eigenvalue weighted by molar-refractivity contribution is -0.143. The summed E-state index contributed by atoms with van der Waals surface area (Å²) in [5.41, 5.74) is -1.87. The Hall–Kier alpha value is 0.260. The smallest absolute Gasteiger partial charge is 0.331 e. The standard InChI is InChI=1S/C4H6BrF2NO/c5-4(6,7)3(9)1-8-2-3/h8-9H,1-2H2. The zero-order chi connectivity index (χ0) is 7.12. The quantitative estimate of drug-likeness (QED) is 0.599. The first-order valence-electron chi connectivity index (χ1n) is 2.45. The van der Waals surface area contributed by atoms with E-state index in [1.807, 2.05) is 0 Å². The fraction of sp³-hybridized carbons (Fsp3) is 1.00. The summed E-state index contributed by atoms with van der Waals surface area (Å²) in [5.74, 6) is 0. The first-order valence-corrected chi connectivity index (χ1v) is 3.25. The van der Waals surface area contributed by atoms with E-state index >= 15 is 0 Å². The number of rotatable bonds is 1. The van der Waals surface area contributed by atoms with Gasteiger partial charge in [0.05, 0.1) is 0 Å². The molecule has 0 atom stereocenters. The van der Waals surface area contributed by atoms with Gasteiger partial charge in [-0.05, 0) is 15.9 Å². The van der Waals surface area contributed by atoms with E-state index in [9.17, 15) is 8.78 Å². The van der Waals surface area contributed by atoms with Gasteiger partial charge in [0.2, 0.25) is 0 Å². The van der Waals surface area contributed by atoms with Gasteiger partial charge in [0.25, 0.3) is 0 Å². The van der Waals surface area contributed by atoms with Crippen molar-refractivity contribution in [3.05, 3.63) is 0 Å². The Kier molecular flexibility index (Phi) is 1.53. The van der Waals surface area contributed by atoms with Gasteiger partial charge in [-0.1, -0.05) is 0 Å². The van der Waals surface area contributed by atoms with Crippen LogP contribution in [-0.4, -0.2) is 28.6 Å². The van der Waals surface area contributed by atoms with E-state index in [-0.39, 0.29) is 13.1 Å². The lowest BCUT2D eigenvalue weighted by atomic mass is 9.98. The fourth-order valence-electron chi connectivity index (χ4n) is 0.562. The van der Waals surface area contributed by atoms with Crippen LogP contribution < -0.4 is 5.32 Å². The van der Waals surface area contributed by atoms with E-state index in [1.54, 1.807) is 0 Å². The molecule has 0 aromatic carbocycles. The van der Waals surface area contributed by atoms with Crippen LogP contribution in [0.3, 0.4) is 0 Å². The van der Waals surface area contributed by atoms with Crippen molar-refractivity contribution in [3.8, 4) is 0 Å². The Labute approximate surface area is 59.4 Å². The molecule has 1 fully saturated rings. The molecule has 0 spiro atoms. The Balaban J connectivity index is 2.59. The van der Waals surface area contributed by atoms with Crippen LogP contribution in [0.25, 0.3) is 0 Å². The van der Waals surface area contributed by atoms with Crippen LogP contribution in [0.1, 0.15) is 0 Å². The molecule has 1 saturated heterocycles. The molecular weight excluding hydrogens is 196 g/mol. The fourth-order valence-corrected chi connectivity index (χ4v) is 0.843. The zero-order valence-electron chi connectivity index (χ0n) is 4.50. The third-order valence-electron chi connectivity index (χ3n) is 1.36. The van der Waals surface area contributed by atoms with Crippen LogP contribution in [0, 0.1) is 0 Å². The third-order valence-corrected chi connectivity index (χ3v) is 2.10.